The second-order valence-corrected chi connectivity index (χ2v) is 7.17. The average Bonchev–Trinajstić information content (AvgIpc) is 2.69. The first-order valence-corrected chi connectivity index (χ1v) is 7.94. The van der Waals surface area contributed by atoms with E-state index >= 15 is 0 Å². The fraction of sp³-hybridized carbons (Fsp3) is 0.471. The molecule has 126 valence electrons. The normalized spacial score (nSPS) is 15.1. The summed E-state index contributed by atoms with van der Waals surface area (Å²) >= 11 is 6.18. The third-order valence-corrected chi connectivity index (χ3v) is 3.64. The lowest BCUT2D eigenvalue weighted by Crippen LogP contribution is -2.26. The van der Waals surface area contributed by atoms with Gasteiger partial charge in [-0.3, -0.25) is 4.79 Å². The number of carbonyl (C=O) groups excluding carboxylic acids is 1. The van der Waals surface area contributed by atoms with E-state index in [1.807, 2.05) is 31.7 Å². The summed E-state index contributed by atoms with van der Waals surface area (Å²) in [5, 5.41) is 2.77. The molecule has 1 amide bonds. The summed E-state index contributed by atoms with van der Waals surface area (Å²) in [5.41, 5.74) is 0.522. The second-order valence-electron chi connectivity index (χ2n) is 6.76. The second kappa shape index (κ2) is 7.21. The fourth-order valence-corrected chi connectivity index (χ4v) is 2.57. The van der Waals surface area contributed by atoms with E-state index in [2.05, 4.69) is 5.32 Å². The van der Waals surface area contributed by atoms with Crippen LogP contribution in [0.5, 0.6) is 0 Å². The molecule has 0 aliphatic carbocycles. The van der Waals surface area contributed by atoms with Crippen molar-refractivity contribution in [2.75, 3.05) is 29.9 Å². The van der Waals surface area contributed by atoms with Crippen molar-refractivity contribution in [3.8, 4) is 0 Å². The number of rotatable bonds is 3. The van der Waals surface area contributed by atoms with E-state index in [0.717, 1.165) is 0 Å². The largest absolute Gasteiger partial charge is 0.500 e. The van der Waals surface area contributed by atoms with E-state index < -0.39 is 5.82 Å². The predicted molar refractivity (Wildman–Crippen MR) is 91.4 cm³/mol. The van der Waals surface area contributed by atoms with Crippen LogP contribution in [0.3, 0.4) is 0 Å². The van der Waals surface area contributed by atoms with Crippen molar-refractivity contribution in [1.82, 2.24) is 0 Å². The minimum atomic E-state index is -0.538. The van der Waals surface area contributed by atoms with Gasteiger partial charge in [-0.1, -0.05) is 32.4 Å². The zero-order valence-electron chi connectivity index (χ0n) is 13.7. The first kappa shape index (κ1) is 17.6. The fourth-order valence-electron chi connectivity index (χ4n) is 2.32. The molecule has 0 saturated heterocycles. The monoisotopic (exact) mass is 340 g/mol. The molecule has 23 heavy (non-hydrogen) atoms. The van der Waals surface area contributed by atoms with Gasteiger partial charge in [0.1, 0.15) is 12.4 Å². The molecule has 0 fully saturated rings. The van der Waals surface area contributed by atoms with Crippen molar-refractivity contribution >= 4 is 28.9 Å². The van der Waals surface area contributed by atoms with Crippen molar-refractivity contribution < 1.29 is 13.9 Å². The van der Waals surface area contributed by atoms with Gasteiger partial charge >= 0.3 is 0 Å². The Kier molecular flexibility index (Phi) is 5.52. The van der Waals surface area contributed by atoms with Crippen LogP contribution in [-0.4, -0.2) is 25.6 Å². The van der Waals surface area contributed by atoms with E-state index in [0.29, 0.717) is 31.8 Å². The van der Waals surface area contributed by atoms with Crippen LogP contribution in [-0.2, 0) is 9.53 Å². The minimum Gasteiger partial charge on any atom is -0.500 e. The Labute approximate surface area is 141 Å². The number of benzene rings is 1. The lowest BCUT2D eigenvalue weighted by Gasteiger charge is -2.23. The summed E-state index contributed by atoms with van der Waals surface area (Å²) in [6.07, 6.45) is 3.79. The van der Waals surface area contributed by atoms with E-state index in [9.17, 15) is 9.18 Å². The number of halogens is 2. The van der Waals surface area contributed by atoms with Crippen molar-refractivity contribution in [1.29, 1.82) is 0 Å². The molecule has 0 atom stereocenters. The van der Waals surface area contributed by atoms with Crippen LogP contribution in [0.25, 0.3) is 0 Å². The Bertz CT molecular complexity index is 588. The average molecular weight is 341 g/mol. The van der Waals surface area contributed by atoms with Crippen LogP contribution in [0.4, 0.5) is 15.8 Å². The first-order chi connectivity index (χ1) is 10.8. The maximum atomic E-state index is 14.4. The maximum Gasteiger partial charge on any atom is 0.225 e. The Balaban J connectivity index is 2.17. The molecule has 0 spiro atoms. The lowest BCUT2D eigenvalue weighted by atomic mass is 9.92. The SMILES string of the molecule is CC(C)(C)CC(=O)Nc1c(F)cc(N2CC=COCC2)cc1Cl. The maximum absolute atomic E-state index is 14.4. The summed E-state index contributed by atoms with van der Waals surface area (Å²) < 4.78 is 19.6. The van der Waals surface area contributed by atoms with E-state index in [1.165, 1.54) is 6.07 Å². The van der Waals surface area contributed by atoms with E-state index in [1.54, 1.807) is 12.3 Å². The summed E-state index contributed by atoms with van der Waals surface area (Å²) in [4.78, 5) is 13.9. The van der Waals surface area contributed by atoms with Gasteiger partial charge in [-0.05, 0) is 23.6 Å². The van der Waals surface area contributed by atoms with Gasteiger partial charge < -0.3 is 15.0 Å². The Morgan fingerprint density at radius 1 is 1.43 bits per heavy atom. The van der Waals surface area contributed by atoms with Crippen LogP contribution < -0.4 is 10.2 Å². The molecule has 1 aliphatic heterocycles. The summed E-state index contributed by atoms with van der Waals surface area (Å²) in [6.45, 7) is 7.62. The third kappa shape index (κ3) is 5.13. The van der Waals surface area contributed by atoms with Gasteiger partial charge in [0.15, 0.2) is 0 Å². The summed E-state index contributed by atoms with van der Waals surface area (Å²) in [6, 6.07) is 3.05. The highest BCUT2D eigenvalue weighted by Gasteiger charge is 2.20. The molecule has 1 heterocycles. The molecule has 0 unspecified atom stereocenters. The topological polar surface area (TPSA) is 41.6 Å². The number of nitrogens with zero attached hydrogens (tertiary/aromatic N) is 1. The van der Waals surface area contributed by atoms with E-state index in [-0.39, 0.29) is 22.0 Å². The standard InChI is InChI=1S/C17H22ClFN2O2/c1-17(2,3)11-15(22)20-16-13(18)9-12(10-14(16)19)21-5-4-7-23-8-6-21/h4,7,9-10H,5-6,8,11H2,1-3H3,(H,20,22). The smallest absolute Gasteiger partial charge is 0.225 e. The third-order valence-electron chi connectivity index (χ3n) is 3.34. The van der Waals surface area contributed by atoms with Crippen LogP contribution in [0.2, 0.25) is 5.02 Å². The van der Waals surface area contributed by atoms with Gasteiger partial charge in [-0.25, -0.2) is 4.39 Å². The van der Waals surface area contributed by atoms with Gasteiger partial charge in [0, 0.05) is 18.7 Å². The molecular weight excluding hydrogens is 319 g/mol. The molecule has 1 aromatic rings. The summed E-state index contributed by atoms with van der Waals surface area (Å²) in [7, 11) is 0. The number of nitrogens with one attached hydrogen (secondary N) is 1. The highest BCUT2D eigenvalue weighted by atomic mass is 35.5. The number of amides is 1. The number of hydrogen-bond donors (Lipinski definition) is 1. The molecule has 1 aromatic carbocycles. The van der Waals surface area contributed by atoms with Gasteiger partial charge in [-0.15, -0.1) is 0 Å². The van der Waals surface area contributed by atoms with Crippen LogP contribution >= 0.6 is 11.6 Å². The lowest BCUT2D eigenvalue weighted by molar-refractivity contribution is -0.117. The van der Waals surface area contributed by atoms with Crippen LogP contribution in [0.1, 0.15) is 27.2 Å². The quantitative estimate of drug-likeness (QED) is 0.896. The van der Waals surface area contributed by atoms with Gasteiger partial charge in [0.25, 0.3) is 0 Å². The van der Waals surface area contributed by atoms with Crippen molar-refractivity contribution in [2.45, 2.75) is 27.2 Å². The van der Waals surface area contributed by atoms with Crippen LogP contribution in [0, 0.1) is 11.2 Å². The molecule has 0 aromatic heterocycles. The van der Waals surface area contributed by atoms with Crippen LogP contribution in [0.15, 0.2) is 24.5 Å². The summed E-state index contributed by atoms with van der Waals surface area (Å²) in [5.74, 6) is -0.791. The molecule has 0 saturated carbocycles. The number of hydrogen-bond acceptors (Lipinski definition) is 3. The highest BCUT2D eigenvalue weighted by Crippen LogP contribution is 2.32. The molecule has 6 heteroatoms. The molecule has 1 N–H and O–H groups in total. The molecular formula is C17H22ClFN2O2. The highest BCUT2D eigenvalue weighted by molar-refractivity contribution is 6.34. The van der Waals surface area contributed by atoms with E-state index in [4.69, 9.17) is 16.3 Å². The molecule has 4 nitrogen and oxygen atoms in total. The number of anilines is 2. The minimum absolute atomic E-state index is 0.0336. The van der Waals surface area contributed by atoms with Crippen molar-refractivity contribution in [3.05, 3.63) is 35.3 Å². The zero-order chi connectivity index (χ0) is 17.0. The molecule has 2 rings (SSSR count). The van der Waals surface area contributed by atoms with Crippen molar-refractivity contribution in [2.24, 2.45) is 5.41 Å². The molecule has 1 aliphatic rings. The molecule has 0 bridgehead atoms. The molecule has 0 radical (unpaired) electrons. The number of ether oxygens (including phenoxy) is 1. The first-order valence-electron chi connectivity index (χ1n) is 7.57. The zero-order valence-corrected chi connectivity index (χ0v) is 14.4. The Hall–Kier alpha value is -1.75. The Morgan fingerprint density at radius 3 is 2.83 bits per heavy atom. The predicted octanol–water partition coefficient (Wildman–Crippen LogP) is 4.20. The van der Waals surface area contributed by atoms with Crippen molar-refractivity contribution in [3.63, 3.8) is 0 Å². The Morgan fingerprint density at radius 2 is 2.17 bits per heavy atom. The van der Waals surface area contributed by atoms with Gasteiger partial charge in [0.05, 0.1) is 23.5 Å². The van der Waals surface area contributed by atoms with Gasteiger partial charge in [-0.2, -0.15) is 0 Å². The van der Waals surface area contributed by atoms with Gasteiger partial charge in [0.2, 0.25) is 5.91 Å². The number of carbonyl (C=O) groups is 1.